The van der Waals surface area contributed by atoms with Gasteiger partial charge in [0.2, 0.25) is 11.4 Å². The van der Waals surface area contributed by atoms with Crippen molar-refractivity contribution < 1.29 is 9.85 Å². The Balaban J connectivity index is 3.89. The summed E-state index contributed by atoms with van der Waals surface area (Å²) in [5, 5.41) is 27.6. The molecule has 12 heteroatoms. The second-order valence-electron chi connectivity index (χ2n) is 2.75. The summed E-state index contributed by atoms with van der Waals surface area (Å²) in [4.78, 5) is 50.0. The predicted octanol–water partition coefficient (Wildman–Crippen LogP) is 2.70. The Bertz CT molecular complexity index is 538. The van der Waals surface area contributed by atoms with Gasteiger partial charge in [0.25, 0.3) is 0 Å². The maximum absolute atomic E-state index is 10.6. The van der Waals surface area contributed by atoms with E-state index in [1.54, 1.807) is 0 Å². The van der Waals surface area contributed by atoms with Gasteiger partial charge in [-0.25, -0.2) is 0 Å². The van der Waals surface area contributed by atoms with Crippen LogP contribution >= 0.6 is 0 Å². The smallest absolute Gasteiger partial charge is 0.258 e. The van der Waals surface area contributed by atoms with E-state index >= 15 is 0 Å². The molecule has 0 bridgehead atoms. The number of hydrogen-bond donors (Lipinski definition) is 0. The van der Waals surface area contributed by atoms with Gasteiger partial charge in [0.05, 0.1) is 15.9 Å². The molecule has 1 aromatic carbocycles. The van der Waals surface area contributed by atoms with Crippen LogP contribution in [0.1, 0.15) is 0 Å². The van der Waals surface area contributed by atoms with Gasteiger partial charge in [-0.05, 0) is 15.5 Å². The SMILES string of the molecule is O=Nc1c([N+](=O)[O-])cc([N+](=O)[O-])c(N=O)c1N=O. The molecule has 0 aliphatic carbocycles. The fourth-order valence-electron chi connectivity index (χ4n) is 1.17. The fraction of sp³-hybridized carbons (Fsp3) is 0. The lowest BCUT2D eigenvalue weighted by molar-refractivity contribution is -0.393. The van der Waals surface area contributed by atoms with Crippen molar-refractivity contribution >= 4 is 28.4 Å². The van der Waals surface area contributed by atoms with Crippen molar-refractivity contribution in [3.63, 3.8) is 0 Å². The van der Waals surface area contributed by atoms with E-state index in [1.807, 2.05) is 0 Å². The number of nitro benzene ring substituents is 2. The Labute approximate surface area is 95.8 Å². The number of nitrogens with zero attached hydrogens (tertiary/aromatic N) is 5. The number of rotatable bonds is 5. The van der Waals surface area contributed by atoms with Crippen LogP contribution in [0.2, 0.25) is 0 Å². The highest BCUT2D eigenvalue weighted by Crippen LogP contribution is 2.49. The molecule has 12 nitrogen and oxygen atoms in total. The molecule has 0 saturated heterocycles. The van der Waals surface area contributed by atoms with E-state index in [2.05, 4.69) is 15.5 Å². The Morgan fingerprint density at radius 1 is 0.778 bits per heavy atom. The molecule has 1 rings (SSSR count). The molecule has 0 atom stereocenters. The minimum absolute atomic E-state index is 0.308. The number of hydrogen-bond acceptors (Lipinski definition) is 10. The van der Waals surface area contributed by atoms with E-state index < -0.39 is 38.3 Å². The summed E-state index contributed by atoms with van der Waals surface area (Å²) in [6.45, 7) is 0. The molecular formula is C6HN5O7. The first-order valence-corrected chi connectivity index (χ1v) is 3.97. The van der Waals surface area contributed by atoms with E-state index in [0.29, 0.717) is 6.07 Å². The largest absolute Gasteiger partial charge is 0.307 e. The van der Waals surface area contributed by atoms with Gasteiger partial charge in [0, 0.05) is 0 Å². The first-order chi connectivity index (χ1) is 8.47. The lowest BCUT2D eigenvalue weighted by Crippen LogP contribution is -1.94. The van der Waals surface area contributed by atoms with Gasteiger partial charge in [0.1, 0.15) is 0 Å². The van der Waals surface area contributed by atoms with Crippen molar-refractivity contribution in [2.45, 2.75) is 0 Å². The van der Waals surface area contributed by atoms with Gasteiger partial charge in [-0.15, -0.1) is 14.7 Å². The van der Waals surface area contributed by atoms with Gasteiger partial charge >= 0.3 is 11.4 Å². The molecule has 0 heterocycles. The van der Waals surface area contributed by atoms with Gasteiger partial charge in [-0.3, -0.25) is 20.2 Å². The van der Waals surface area contributed by atoms with Crippen LogP contribution in [0.3, 0.4) is 0 Å². The standard InChI is InChI=1S/C6HN5O7/c12-7-4-2(10(15)16)1-3(11(17)18)5(8-13)6(4)9-14/h1H. The Hall–Kier alpha value is -3.18. The van der Waals surface area contributed by atoms with Gasteiger partial charge < -0.3 is 0 Å². The van der Waals surface area contributed by atoms with Crippen LogP contribution in [0.4, 0.5) is 28.4 Å². The zero-order chi connectivity index (χ0) is 13.9. The molecular weight excluding hydrogens is 254 g/mol. The number of nitroso groups, excluding NO2 is 3. The first-order valence-electron chi connectivity index (χ1n) is 3.97. The first kappa shape index (κ1) is 12.9. The quantitative estimate of drug-likeness (QED) is 0.441. The summed E-state index contributed by atoms with van der Waals surface area (Å²) in [6, 6.07) is 0.308. The highest BCUT2D eigenvalue weighted by Gasteiger charge is 2.32. The molecule has 0 N–H and O–H groups in total. The summed E-state index contributed by atoms with van der Waals surface area (Å²) in [5.74, 6) is 0. The molecule has 0 aromatic heterocycles. The normalized spacial score (nSPS) is 9.56. The zero-order valence-electron chi connectivity index (χ0n) is 8.17. The maximum Gasteiger partial charge on any atom is 0.307 e. The highest BCUT2D eigenvalue weighted by atomic mass is 16.6. The lowest BCUT2D eigenvalue weighted by atomic mass is 10.1. The van der Waals surface area contributed by atoms with Gasteiger partial charge in [-0.1, -0.05) is 0 Å². The van der Waals surface area contributed by atoms with Crippen molar-refractivity contribution in [1.82, 2.24) is 0 Å². The number of nitro groups is 2. The van der Waals surface area contributed by atoms with Crippen LogP contribution in [0.5, 0.6) is 0 Å². The molecule has 0 aliphatic rings. The average molecular weight is 255 g/mol. The molecule has 0 fully saturated rings. The molecule has 0 aliphatic heterocycles. The van der Waals surface area contributed by atoms with Crippen molar-refractivity contribution in [3.8, 4) is 0 Å². The summed E-state index contributed by atoms with van der Waals surface area (Å²) in [6.07, 6.45) is 0. The summed E-state index contributed by atoms with van der Waals surface area (Å²) in [7, 11) is 0. The molecule has 0 amide bonds. The second-order valence-corrected chi connectivity index (χ2v) is 2.75. The molecule has 0 radical (unpaired) electrons. The van der Waals surface area contributed by atoms with E-state index in [0.717, 1.165) is 0 Å². The summed E-state index contributed by atoms with van der Waals surface area (Å²) < 4.78 is 0. The molecule has 0 unspecified atom stereocenters. The summed E-state index contributed by atoms with van der Waals surface area (Å²) in [5.41, 5.74) is -5.54. The van der Waals surface area contributed by atoms with Crippen LogP contribution in [0, 0.1) is 34.9 Å². The van der Waals surface area contributed by atoms with E-state index in [4.69, 9.17) is 0 Å². The highest BCUT2D eigenvalue weighted by molar-refractivity contribution is 5.88. The van der Waals surface area contributed by atoms with Gasteiger partial charge in [0.15, 0.2) is 5.69 Å². The van der Waals surface area contributed by atoms with E-state index in [-0.39, 0.29) is 0 Å². The third-order valence-corrected chi connectivity index (χ3v) is 1.87. The Morgan fingerprint density at radius 2 is 1.11 bits per heavy atom. The molecule has 0 spiro atoms. The predicted molar refractivity (Wildman–Crippen MR) is 56.1 cm³/mol. The molecule has 1 aromatic rings. The van der Waals surface area contributed by atoms with Crippen LogP contribution in [-0.4, -0.2) is 9.85 Å². The fourth-order valence-corrected chi connectivity index (χ4v) is 1.17. The van der Waals surface area contributed by atoms with Crippen molar-refractivity contribution in [2.75, 3.05) is 0 Å². The minimum atomic E-state index is -1.17. The Morgan fingerprint density at radius 3 is 1.33 bits per heavy atom. The van der Waals surface area contributed by atoms with Crippen LogP contribution in [0.15, 0.2) is 21.6 Å². The minimum Gasteiger partial charge on any atom is -0.258 e. The van der Waals surface area contributed by atoms with Crippen molar-refractivity contribution in [1.29, 1.82) is 0 Å². The Kier molecular flexibility index (Phi) is 3.42. The summed E-state index contributed by atoms with van der Waals surface area (Å²) >= 11 is 0. The third-order valence-electron chi connectivity index (χ3n) is 1.87. The van der Waals surface area contributed by atoms with Crippen LogP contribution < -0.4 is 0 Å². The topological polar surface area (TPSA) is 175 Å². The van der Waals surface area contributed by atoms with Crippen LogP contribution in [0.25, 0.3) is 0 Å². The number of benzene rings is 1. The molecule has 0 saturated carbocycles. The van der Waals surface area contributed by atoms with E-state index in [9.17, 15) is 34.9 Å². The zero-order valence-corrected chi connectivity index (χ0v) is 8.17. The third kappa shape index (κ3) is 1.89. The van der Waals surface area contributed by atoms with E-state index in [1.165, 1.54) is 0 Å². The molecule has 18 heavy (non-hydrogen) atoms. The van der Waals surface area contributed by atoms with Crippen molar-refractivity contribution in [2.24, 2.45) is 15.5 Å². The second kappa shape index (κ2) is 4.77. The van der Waals surface area contributed by atoms with Gasteiger partial charge in [-0.2, -0.15) is 0 Å². The average Bonchev–Trinajstić information content (AvgIpc) is 2.35. The maximum atomic E-state index is 10.6. The van der Waals surface area contributed by atoms with Crippen molar-refractivity contribution in [3.05, 3.63) is 41.0 Å². The molecule has 92 valence electrons. The monoisotopic (exact) mass is 255 g/mol. The lowest BCUT2D eigenvalue weighted by Gasteiger charge is -2.00. The van der Waals surface area contributed by atoms with Crippen LogP contribution in [-0.2, 0) is 0 Å².